The molecule has 0 spiro atoms. The van der Waals surface area contributed by atoms with Gasteiger partial charge in [-0.2, -0.15) is 0 Å². The summed E-state index contributed by atoms with van der Waals surface area (Å²) in [5, 5.41) is 11.7. The molecule has 1 amide bonds. The summed E-state index contributed by atoms with van der Waals surface area (Å²) >= 11 is 0. The fourth-order valence-corrected chi connectivity index (χ4v) is 2.65. The van der Waals surface area contributed by atoms with Crippen molar-refractivity contribution in [2.45, 2.75) is 51.7 Å². The van der Waals surface area contributed by atoms with Crippen molar-refractivity contribution in [2.75, 3.05) is 0 Å². The predicted molar refractivity (Wildman–Crippen MR) is 83.1 cm³/mol. The molecule has 0 radical (unpaired) electrons. The van der Waals surface area contributed by atoms with Gasteiger partial charge in [0.05, 0.1) is 6.10 Å². The van der Waals surface area contributed by atoms with Crippen LogP contribution in [0.15, 0.2) is 24.3 Å². The number of hydrogen-bond acceptors (Lipinski definition) is 3. The number of carbonyl (C=O) groups excluding carboxylic acids is 1. The van der Waals surface area contributed by atoms with Crippen LogP contribution < -0.4 is 10.1 Å². The molecule has 0 unspecified atom stereocenters. The lowest BCUT2D eigenvalue weighted by molar-refractivity contribution is -0.140. The Morgan fingerprint density at radius 2 is 1.95 bits per heavy atom. The molecule has 0 aromatic heterocycles. The van der Waals surface area contributed by atoms with Crippen molar-refractivity contribution in [1.29, 1.82) is 0 Å². The normalized spacial score (nSPS) is 16.5. The maximum Gasteiger partial charge on any atom is 0.326 e. The molecule has 2 N–H and O–H groups in total. The van der Waals surface area contributed by atoms with Crippen LogP contribution in [-0.4, -0.2) is 29.1 Å². The van der Waals surface area contributed by atoms with Crippen molar-refractivity contribution in [3.63, 3.8) is 0 Å². The molecule has 22 heavy (non-hydrogen) atoms. The molecule has 0 bridgehead atoms. The van der Waals surface area contributed by atoms with Gasteiger partial charge in [-0.3, -0.25) is 4.79 Å². The van der Waals surface area contributed by atoms with E-state index >= 15 is 0 Å². The Labute approximate surface area is 130 Å². The summed E-state index contributed by atoms with van der Waals surface area (Å²) in [6.45, 7) is 3.53. The second-order valence-electron chi connectivity index (χ2n) is 6.09. The number of ether oxygens (including phenoxy) is 1. The number of aliphatic carboxylic acids is 1. The Morgan fingerprint density at radius 1 is 1.27 bits per heavy atom. The Bertz CT molecular complexity index is 535. The average Bonchev–Trinajstić information content (AvgIpc) is 2.97. The zero-order valence-corrected chi connectivity index (χ0v) is 13.0. The van der Waals surface area contributed by atoms with Crippen LogP contribution in [0.4, 0.5) is 0 Å². The lowest BCUT2D eigenvalue weighted by atomic mass is 10.0. The molecule has 1 aliphatic rings. The zero-order chi connectivity index (χ0) is 16.1. The molecule has 120 valence electrons. The molecule has 1 atom stereocenters. The van der Waals surface area contributed by atoms with Gasteiger partial charge in [0.15, 0.2) is 0 Å². The van der Waals surface area contributed by atoms with Crippen LogP contribution in [0.3, 0.4) is 0 Å². The number of hydrogen-bond donors (Lipinski definition) is 2. The molecule has 0 heterocycles. The van der Waals surface area contributed by atoms with Crippen LogP contribution in [0.25, 0.3) is 0 Å². The van der Waals surface area contributed by atoms with Gasteiger partial charge in [0.1, 0.15) is 11.8 Å². The van der Waals surface area contributed by atoms with E-state index in [1.165, 1.54) is 12.8 Å². The summed E-state index contributed by atoms with van der Waals surface area (Å²) < 4.78 is 5.87. The Morgan fingerprint density at radius 3 is 2.55 bits per heavy atom. The van der Waals surface area contributed by atoms with Gasteiger partial charge in [-0.15, -0.1) is 0 Å². The van der Waals surface area contributed by atoms with E-state index < -0.39 is 17.9 Å². The van der Waals surface area contributed by atoms with E-state index in [4.69, 9.17) is 9.84 Å². The first kappa shape index (κ1) is 16.3. The second kappa shape index (κ2) is 7.29. The van der Waals surface area contributed by atoms with E-state index in [0.29, 0.717) is 11.3 Å². The number of carbonyl (C=O) groups is 2. The smallest absolute Gasteiger partial charge is 0.326 e. The standard InChI is InChI=1S/C17H23NO4/c1-11(2)15(17(20)21)18-16(19)12-6-5-9-14(10-12)22-13-7-3-4-8-13/h5-6,9-11,13,15H,3-4,7-8H2,1-2H3,(H,18,19)(H,20,21)/t15-/m0/s1. The zero-order valence-electron chi connectivity index (χ0n) is 13.0. The van der Waals surface area contributed by atoms with Crippen molar-refractivity contribution in [3.05, 3.63) is 29.8 Å². The third kappa shape index (κ3) is 4.23. The molecule has 0 aliphatic heterocycles. The number of amides is 1. The number of benzene rings is 1. The van der Waals surface area contributed by atoms with E-state index in [1.807, 2.05) is 6.07 Å². The van der Waals surface area contributed by atoms with Gasteiger partial charge < -0.3 is 15.2 Å². The summed E-state index contributed by atoms with van der Waals surface area (Å²) in [7, 11) is 0. The number of carboxylic acids is 1. The van der Waals surface area contributed by atoms with Crippen LogP contribution in [0.1, 0.15) is 49.9 Å². The molecule has 5 heteroatoms. The highest BCUT2D eigenvalue weighted by atomic mass is 16.5. The van der Waals surface area contributed by atoms with Gasteiger partial charge in [0, 0.05) is 5.56 Å². The fourth-order valence-electron chi connectivity index (χ4n) is 2.65. The van der Waals surface area contributed by atoms with E-state index in [1.54, 1.807) is 32.0 Å². The minimum Gasteiger partial charge on any atom is -0.490 e. The van der Waals surface area contributed by atoms with Crippen molar-refractivity contribution in [2.24, 2.45) is 5.92 Å². The first-order valence-corrected chi connectivity index (χ1v) is 7.77. The van der Waals surface area contributed by atoms with E-state index in [-0.39, 0.29) is 12.0 Å². The lowest BCUT2D eigenvalue weighted by Gasteiger charge is -2.18. The highest BCUT2D eigenvalue weighted by molar-refractivity contribution is 5.96. The molecular weight excluding hydrogens is 282 g/mol. The summed E-state index contributed by atoms with van der Waals surface area (Å²) in [6, 6.07) is 6.02. The quantitative estimate of drug-likeness (QED) is 0.847. The fraction of sp³-hybridized carbons (Fsp3) is 0.529. The third-order valence-electron chi connectivity index (χ3n) is 3.92. The molecule has 1 aromatic rings. The van der Waals surface area contributed by atoms with Gasteiger partial charge in [0.25, 0.3) is 5.91 Å². The van der Waals surface area contributed by atoms with Gasteiger partial charge in [-0.1, -0.05) is 19.9 Å². The second-order valence-corrected chi connectivity index (χ2v) is 6.09. The summed E-state index contributed by atoms with van der Waals surface area (Å²) in [5.74, 6) is -0.935. The average molecular weight is 305 g/mol. The topological polar surface area (TPSA) is 75.6 Å². The first-order chi connectivity index (χ1) is 10.5. The van der Waals surface area contributed by atoms with E-state index in [0.717, 1.165) is 12.8 Å². The maximum atomic E-state index is 12.2. The molecule has 1 aliphatic carbocycles. The molecule has 0 saturated heterocycles. The van der Waals surface area contributed by atoms with Crippen LogP contribution >= 0.6 is 0 Å². The number of rotatable bonds is 6. The van der Waals surface area contributed by atoms with Gasteiger partial charge in [-0.05, 0) is 49.8 Å². The van der Waals surface area contributed by atoms with Crippen LogP contribution in [0.5, 0.6) is 5.75 Å². The largest absolute Gasteiger partial charge is 0.490 e. The van der Waals surface area contributed by atoms with Crippen molar-refractivity contribution in [3.8, 4) is 5.75 Å². The summed E-state index contributed by atoms with van der Waals surface area (Å²) in [5.41, 5.74) is 0.419. The lowest BCUT2D eigenvalue weighted by Crippen LogP contribution is -2.44. The number of nitrogens with one attached hydrogen (secondary N) is 1. The molecule has 5 nitrogen and oxygen atoms in total. The Hall–Kier alpha value is -2.04. The van der Waals surface area contributed by atoms with Gasteiger partial charge in [-0.25, -0.2) is 4.79 Å². The van der Waals surface area contributed by atoms with Crippen molar-refractivity contribution in [1.82, 2.24) is 5.32 Å². The van der Waals surface area contributed by atoms with E-state index in [2.05, 4.69) is 5.32 Å². The van der Waals surface area contributed by atoms with Gasteiger partial charge in [0.2, 0.25) is 0 Å². The molecule has 2 rings (SSSR count). The van der Waals surface area contributed by atoms with Crippen LogP contribution in [-0.2, 0) is 4.79 Å². The summed E-state index contributed by atoms with van der Waals surface area (Å²) in [6.07, 6.45) is 4.68. The molecular formula is C17H23NO4. The Kier molecular flexibility index (Phi) is 5.41. The molecule has 1 aromatic carbocycles. The SMILES string of the molecule is CC(C)[C@H](NC(=O)c1cccc(OC2CCCC2)c1)C(=O)O. The first-order valence-electron chi connectivity index (χ1n) is 7.77. The van der Waals surface area contributed by atoms with Crippen molar-refractivity contribution >= 4 is 11.9 Å². The number of carboxylic acid groups (broad SMARTS) is 1. The maximum absolute atomic E-state index is 12.2. The minimum atomic E-state index is -1.03. The monoisotopic (exact) mass is 305 g/mol. The van der Waals surface area contributed by atoms with Crippen molar-refractivity contribution < 1.29 is 19.4 Å². The van der Waals surface area contributed by atoms with E-state index in [9.17, 15) is 9.59 Å². The van der Waals surface area contributed by atoms with Crippen LogP contribution in [0, 0.1) is 5.92 Å². The minimum absolute atomic E-state index is 0.181. The molecule has 1 fully saturated rings. The highest BCUT2D eigenvalue weighted by Gasteiger charge is 2.24. The van der Waals surface area contributed by atoms with Crippen LogP contribution in [0.2, 0.25) is 0 Å². The highest BCUT2D eigenvalue weighted by Crippen LogP contribution is 2.24. The third-order valence-corrected chi connectivity index (χ3v) is 3.92. The summed E-state index contributed by atoms with van der Waals surface area (Å²) in [4.78, 5) is 23.4. The molecule has 1 saturated carbocycles. The Balaban J connectivity index is 2.04. The van der Waals surface area contributed by atoms with Gasteiger partial charge >= 0.3 is 5.97 Å². The predicted octanol–water partition coefficient (Wildman–Crippen LogP) is 2.85.